The van der Waals surface area contributed by atoms with Gasteiger partial charge in [-0.1, -0.05) is 13.8 Å². The fourth-order valence-corrected chi connectivity index (χ4v) is 2.85. The lowest BCUT2D eigenvalue weighted by atomic mass is 10.0. The van der Waals surface area contributed by atoms with Crippen molar-refractivity contribution in [1.82, 2.24) is 16.0 Å². The molecule has 0 saturated carbocycles. The van der Waals surface area contributed by atoms with Gasteiger partial charge >= 0.3 is 11.9 Å². The summed E-state index contributed by atoms with van der Waals surface area (Å²) in [6.45, 7) is 5.26. The van der Waals surface area contributed by atoms with Crippen LogP contribution < -0.4 is 33.2 Å². The van der Waals surface area contributed by atoms with Crippen LogP contribution in [0.25, 0.3) is 0 Å². The van der Waals surface area contributed by atoms with Crippen LogP contribution in [0.1, 0.15) is 52.9 Å². The van der Waals surface area contributed by atoms with E-state index >= 15 is 0 Å². The fraction of sp³-hybridized carbons (Fsp3) is 0.700. The number of carbonyl (C=O) groups is 5. The van der Waals surface area contributed by atoms with Crippen LogP contribution in [0.5, 0.6) is 0 Å². The Morgan fingerprint density at radius 3 is 1.82 bits per heavy atom. The average Bonchev–Trinajstić information content (AvgIpc) is 2.71. The highest BCUT2D eigenvalue weighted by molar-refractivity contribution is 5.94. The molecule has 0 fully saturated rings. The lowest BCUT2D eigenvalue weighted by molar-refractivity contribution is -0.143. The molecule has 0 spiro atoms. The molecule has 0 aliphatic carbocycles. The van der Waals surface area contributed by atoms with E-state index in [2.05, 4.69) is 20.9 Å². The molecule has 0 saturated heterocycles. The third-order valence-electron chi connectivity index (χ3n) is 4.59. The van der Waals surface area contributed by atoms with Crippen LogP contribution in [0.3, 0.4) is 0 Å². The first-order valence-electron chi connectivity index (χ1n) is 10.9. The molecule has 0 aliphatic heterocycles. The molecule has 4 unspecified atom stereocenters. The quantitative estimate of drug-likeness (QED) is 0.0664. The lowest BCUT2D eigenvalue weighted by Gasteiger charge is -2.25. The molecule has 194 valence electrons. The van der Waals surface area contributed by atoms with Gasteiger partial charge in [0.1, 0.15) is 18.1 Å². The number of carbonyl (C=O) groups excluding carboxylic acids is 3. The summed E-state index contributed by atoms with van der Waals surface area (Å²) in [5, 5.41) is 25.4. The van der Waals surface area contributed by atoms with Gasteiger partial charge in [0.15, 0.2) is 5.96 Å². The Morgan fingerprint density at radius 1 is 0.824 bits per heavy atom. The summed E-state index contributed by atoms with van der Waals surface area (Å²) in [6, 6.07) is -4.49. The molecule has 0 aromatic carbocycles. The predicted octanol–water partition coefficient (Wildman–Crippen LogP) is -2.16. The van der Waals surface area contributed by atoms with E-state index in [4.69, 9.17) is 22.3 Å². The van der Waals surface area contributed by atoms with Gasteiger partial charge in [0.05, 0.1) is 6.04 Å². The Bertz CT molecular complexity index is 752. The van der Waals surface area contributed by atoms with Gasteiger partial charge < -0.3 is 43.4 Å². The summed E-state index contributed by atoms with van der Waals surface area (Å²) in [5.74, 6) is -4.81. The third kappa shape index (κ3) is 13.2. The molecule has 0 aromatic rings. The summed E-state index contributed by atoms with van der Waals surface area (Å²) < 4.78 is 0. The predicted molar refractivity (Wildman–Crippen MR) is 123 cm³/mol. The normalized spacial score (nSPS) is 14.3. The Labute approximate surface area is 198 Å². The number of amides is 3. The maximum atomic E-state index is 12.9. The number of rotatable bonds is 16. The fourth-order valence-electron chi connectivity index (χ4n) is 2.85. The van der Waals surface area contributed by atoms with Gasteiger partial charge in [-0.15, -0.1) is 0 Å². The van der Waals surface area contributed by atoms with E-state index in [9.17, 15) is 29.1 Å². The van der Waals surface area contributed by atoms with Gasteiger partial charge in [0.2, 0.25) is 17.7 Å². The van der Waals surface area contributed by atoms with E-state index in [1.807, 2.05) is 0 Å². The third-order valence-corrected chi connectivity index (χ3v) is 4.59. The molecule has 0 aliphatic rings. The van der Waals surface area contributed by atoms with Crippen molar-refractivity contribution >= 4 is 35.6 Å². The highest BCUT2D eigenvalue weighted by Gasteiger charge is 2.30. The van der Waals surface area contributed by atoms with Crippen molar-refractivity contribution in [3.63, 3.8) is 0 Å². The van der Waals surface area contributed by atoms with E-state index in [1.165, 1.54) is 6.92 Å². The number of nitrogens with two attached hydrogens (primary N) is 3. The molecule has 34 heavy (non-hydrogen) atoms. The Kier molecular flexibility index (Phi) is 13.9. The first-order valence-corrected chi connectivity index (χ1v) is 10.9. The second kappa shape index (κ2) is 15.4. The van der Waals surface area contributed by atoms with Crippen molar-refractivity contribution in [2.45, 2.75) is 77.0 Å². The molecule has 14 heteroatoms. The highest BCUT2D eigenvalue weighted by Crippen LogP contribution is 2.09. The van der Waals surface area contributed by atoms with Gasteiger partial charge in [0.25, 0.3) is 0 Å². The minimum Gasteiger partial charge on any atom is -0.481 e. The van der Waals surface area contributed by atoms with Crippen molar-refractivity contribution in [2.24, 2.45) is 28.1 Å². The number of nitrogens with one attached hydrogen (secondary N) is 3. The number of aliphatic carboxylic acids is 2. The summed E-state index contributed by atoms with van der Waals surface area (Å²) in [7, 11) is 0. The monoisotopic (exact) mass is 487 g/mol. The van der Waals surface area contributed by atoms with Crippen LogP contribution >= 0.6 is 0 Å². The maximum Gasteiger partial charge on any atom is 0.326 e. The number of guanidine groups is 1. The number of aliphatic imine (C=N–C) groups is 1. The van der Waals surface area contributed by atoms with Gasteiger partial charge in [-0.3, -0.25) is 24.2 Å². The zero-order valence-corrected chi connectivity index (χ0v) is 19.7. The van der Waals surface area contributed by atoms with Gasteiger partial charge in [-0.2, -0.15) is 0 Å². The summed E-state index contributed by atoms with van der Waals surface area (Å²) >= 11 is 0. The standard InChI is InChI=1S/C20H37N7O7/c1-10(2)9-14(18(32)26-13(19(33)34)6-7-15(28)29)27-17(31)12(25-16(30)11(3)21)5-4-8-24-20(22)23/h10-14H,4-9,21H2,1-3H3,(H,25,30)(H,26,32)(H,27,31)(H,28,29)(H,33,34)(H4,22,23,24). The molecule has 0 rings (SSSR count). The van der Waals surface area contributed by atoms with Crippen LogP contribution in [0.2, 0.25) is 0 Å². The molecule has 3 amide bonds. The topological polar surface area (TPSA) is 252 Å². The first-order chi connectivity index (χ1) is 15.7. The number of nitrogens with zero attached hydrogens (tertiary/aromatic N) is 1. The minimum atomic E-state index is -1.44. The van der Waals surface area contributed by atoms with E-state index in [-0.39, 0.29) is 37.7 Å². The van der Waals surface area contributed by atoms with Crippen LogP contribution in [-0.4, -0.2) is 76.5 Å². The number of carboxylic acids is 2. The summed E-state index contributed by atoms with van der Waals surface area (Å²) in [4.78, 5) is 63.8. The zero-order valence-electron chi connectivity index (χ0n) is 19.7. The van der Waals surface area contributed by atoms with Crippen molar-refractivity contribution in [1.29, 1.82) is 0 Å². The minimum absolute atomic E-state index is 0.0580. The average molecular weight is 488 g/mol. The van der Waals surface area contributed by atoms with Gasteiger partial charge in [-0.25, -0.2) is 4.79 Å². The molecule has 0 radical (unpaired) electrons. The van der Waals surface area contributed by atoms with E-state index < -0.39 is 60.2 Å². The van der Waals surface area contributed by atoms with Crippen molar-refractivity contribution in [3.05, 3.63) is 0 Å². The second-order valence-electron chi connectivity index (χ2n) is 8.32. The molecule has 0 bridgehead atoms. The Hall–Kier alpha value is -3.42. The highest BCUT2D eigenvalue weighted by atomic mass is 16.4. The SMILES string of the molecule is CC(C)CC(NC(=O)C(CCCN=C(N)N)NC(=O)C(C)N)C(=O)NC(CCC(=O)O)C(=O)O. The number of hydrogen-bond donors (Lipinski definition) is 8. The molecular formula is C20H37N7O7. The van der Waals surface area contributed by atoms with Crippen molar-refractivity contribution in [2.75, 3.05) is 6.54 Å². The largest absolute Gasteiger partial charge is 0.481 e. The summed E-state index contributed by atoms with van der Waals surface area (Å²) in [6.07, 6.45) is -0.124. The van der Waals surface area contributed by atoms with E-state index in [0.29, 0.717) is 6.42 Å². The Balaban J connectivity index is 5.48. The van der Waals surface area contributed by atoms with Crippen molar-refractivity contribution < 1.29 is 34.2 Å². The van der Waals surface area contributed by atoms with Crippen LogP contribution in [-0.2, 0) is 24.0 Å². The van der Waals surface area contributed by atoms with Crippen LogP contribution in [0.4, 0.5) is 0 Å². The second-order valence-corrected chi connectivity index (χ2v) is 8.32. The molecule has 0 heterocycles. The number of hydrogen-bond acceptors (Lipinski definition) is 7. The number of carboxylic acid groups (broad SMARTS) is 2. The Morgan fingerprint density at radius 2 is 1.35 bits per heavy atom. The van der Waals surface area contributed by atoms with Gasteiger partial charge in [0, 0.05) is 13.0 Å². The molecule has 0 aromatic heterocycles. The molecule has 14 nitrogen and oxygen atoms in total. The lowest BCUT2D eigenvalue weighted by Crippen LogP contribution is -2.57. The van der Waals surface area contributed by atoms with Crippen molar-refractivity contribution in [3.8, 4) is 0 Å². The van der Waals surface area contributed by atoms with Crippen LogP contribution in [0, 0.1) is 5.92 Å². The van der Waals surface area contributed by atoms with Crippen LogP contribution in [0.15, 0.2) is 4.99 Å². The van der Waals surface area contributed by atoms with E-state index in [1.54, 1.807) is 13.8 Å². The first kappa shape index (κ1) is 30.6. The summed E-state index contributed by atoms with van der Waals surface area (Å²) in [5.41, 5.74) is 16.1. The smallest absolute Gasteiger partial charge is 0.326 e. The van der Waals surface area contributed by atoms with Gasteiger partial charge in [-0.05, 0) is 38.5 Å². The maximum absolute atomic E-state index is 12.9. The molecule has 11 N–H and O–H groups in total. The van der Waals surface area contributed by atoms with E-state index in [0.717, 1.165) is 0 Å². The zero-order chi connectivity index (χ0) is 26.4. The molecule has 4 atom stereocenters. The molecular weight excluding hydrogens is 450 g/mol.